The van der Waals surface area contributed by atoms with E-state index in [0.717, 1.165) is 17.0 Å². The van der Waals surface area contributed by atoms with Crippen molar-refractivity contribution in [3.05, 3.63) is 60.2 Å². The lowest BCUT2D eigenvalue weighted by Crippen LogP contribution is -2.59. The zero-order chi connectivity index (χ0) is 13.3. The van der Waals surface area contributed by atoms with Crippen LogP contribution in [0, 0.1) is 0 Å². The minimum Gasteiger partial charge on any atom is -0.497 e. The Morgan fingerprint density at radius 1 is 1.00 bits per heavy atom. The molecule has 1 aliphatic heterocycles. The van der Waals surface area contributed by atoms with Gasteiger partial charge in [0.2, 0.25) is 0 Å². The van der Waals surface area contributed by atoms with E-state index in [1.807, 2.05) is 54.6 Å². The van der Waals surface area contributed by atoms with Crippen molar-refractivity contribution in [2.75, 3.05) is 25.1 Å². The second-order valence-electron chi connectivity index (χ2n) is 4.95. The summed E-state index contributed by atoms with van der Waals surface area (Å²) >= 11 is 0. The maximum atomic E-state index is 10.5. The Bertz CT molecular complexity index is 545. The van der Waals surface area contributed by atoms with Crippen LogP contribution >= 0.6 is 0 Å². The topological polar surface area (TPSA) is 32.7 Å². The van der Waals surface area contributed by atoms with Gasteiger partial charge in [-0.2, -0.15) is 0 Å². The lowest BCUT2D eigenvalue weighted by atomic mass is 9.86. The van der Waals surface area contributed by atoms with E-state index in [2.05, 4.69) is 4.90 Å². The number of aliphatic hydroxyl groups is 1. The normalized spacial score (nSPS) is 16.8. The van der Waals surface area contributed by atoms with Gasteiger partial charge in [-0.25, -0.2) is 0 Å². The number of benzene rings is 2. The molecular formula is C16H17NO2. The highest BCUT2D eigenvalue weighted by molar-refractivity contribution is 5.53. The Balaban J connectivity index is 1.72. The van der Waals surface area contributed by atoms with E-state index in [1.165, 1.54) is 0 Å². The van der Waals surface area contributed by atoms with Crippen LogP contribution in [0.25, 0.3) is 0 Å². The van der Waals surface area contributed by atoms with Crippen LogP contribution in [0.15, 0.2) is 54.6 Å². The molecule has 0 amide bonds. The smallest absolute Gasteiger partial charge is 0.124 e. The number of hydrogen-bond acceptors (Lipinski definition) is 3. The summed E-state index contributed by atoms with van der Waals surface area (Å²) < 4.78 is 5.14. The van der Waals surface area contributed by atoms with Crippen molar-refractivity contribution in [3.63, 3.8) is 0 Å². The summed E-state index contributed by atoms with van der Waals surface area (Å²) in [6.07, 6.45) is 0. The number of rotatable bonds is 3. The van der Waals surface area contributed by atoms with Crippen LogP contribution in [0.1, 0.15) is 5.56 Å². The monoisotopic (exact) mass is 255 g/mol. The maximum Gasteiger partial charge on any atom is 0.124 e. The first kappa shape index (κ1) is 12.1. The summed E-state index contributed by atoms with van der Waals surface area (Å²) in [6, 6.07) is 17.8. The average Bonchev–Trinajstić information content (AvgIpc) is 2.45. The van der Waals surface area contributed by atoms with E-state index in [4.69, 9.17) is 4.74 Å². The van der Waals surface area contributed by atoms with Crippen LogP contribution in [0.4, 0.5) is 5.69 Å². The van der Waals surface area contributed by atoms with Gasteiger partial charge in [-0.05, 0) is 29.8 Å². The first-order valence-electron chi connectivity index (χ1n) is 6.38. The Labute approximate surface area is 113 Å². The zero-order valence-electron chi connectivity index (χ0n) is 10.9. The van der Waals surface area contributed by atoms with Gasteiger partial charge in [0.15, 0.2) is 0 Å². The van der Waals surface area contributed by atoms with E-state index in [-0.39, 0.29) is 0 Å². The Hall–Kier alpha value is -2.00. The van der Waals surface area contributed by atoms with Crippen LogP contribution < -0.4 is 9.64 Å². The van der Waals surface area contributed by atoms with E-state index >= 15 is 0 Å². The molecule has 0 bridgehead atoms. The molecule has 1 aliphatic rings. The Kier molecular flexibility index (Phi) is 2.91. The molecule has 0 radical (unpaired) electrons. The number of hydrogen-bond donors (Lipinski definition) is 1. The minimum atomic E-state index is -0.721. The van der Waals surface area contributed by atoms with Crippen LogP contribution in [-0.4, -0.2) is 25.3 Å². The molecule has 19 heavy (non-hydrogen) atoms. The third-order valence-electron chi connectivity index (χ3n) is 3.65. The maximum absolute atomic E-state index is 10.5. The van der Waals surface area contributed by atoms with Gasteiger partial charge < -0.3 is 14.7 Å². The fraction of sp³-hybridized carbons (Fsp3) is 0.250. The number of ether oxygens (including phenoxy) is 1. The van der Waals surface area contributed by atoms with E-state index < -0.39 is 5.60 Å². The van der Waals surface area contributed by atoms with Crippen molar-refractivity contribution in [2.45, 2.75) is 5.60 Å². The third-order valence-corrected chi connectivity index (χ3v) is 3.65. The SMILES string of the molecule is COc1ccc(N2CC(O)(c3ccccc3)C2)cc1. The predicted octanol–water partition coefficient (Wildman–Crippen LogP) is 2.40. The summed E-state index contributed by atoms with van der Waals surface area (Å²) in [5, 5.41) is 10.5. The fourth-order valence-corrected chi connectivity index (χ4v) is 2.49. The van der Waals surface area contributed by atoms with Gasteiger partial charge in [0.25, 0.3) is 0 Å². The van der Waals surface area contributed by atoms with Crippen molar-refractivity contribution in [1.82, 2.24) is 0 Å². The molecule has 1 N–H and O–H groups in total. The summed E-state index contributed by atoms with van der Waals surface area (Å²) in [7, 11) is 1.66. The molecular weight excluding hydrogens is 238 g/mol. The van der Waals surface area contributed by atoms with Crippen LogP contribution in [0.3, 0.4) is 0 Å². The highest BCUT2D eigenvalue weighted by Gasteiger charge is 2.42. The molecule has 0 aliphatic carbocycles. The summed E-state index contributed by atoms with van der Waals surface area (Å²) in [5.74, 6) is 0.850. The number of anilines is 1. The molecule has 98 valence electrons. The minimum absolute atomic E-state index is 0.628. The predicted molar refractivity (Wildman–Crippen MR) is 75.5 cm³/mol. The number of nitrogens with zero attached hydrogens (tertiary/aromatic N) is 1. The Morgan fingerprint density at radius 3 is 2.21 bits per heavy atom. The molecule has 1 saturated heterocycles. The molecule has 3 heteroatoms. The summed E-state index contributed by atoms with van der Waals surface area (Å²) in [6.45, 7) is 1.26. The quantitative estimate of drug-likeness (QED) is 0.914. The third kappa shape index (κ3) is 2.17. The molecule has 1 fully saturated rings. The standard InChI is InChI=1S/C16H17NO2/c1-19-15-9-7-14(8-10-15)17-11-16(18,12-17)13-5-3-2-4-6-13/h2-10,18H,11-12H2,1H3. The summed E-state index contributed by atoms with van der Waals surface area (Å²) in [5.41, 5.74) is 1.38. The highest BCUT2D eigenvalue weighted by atomic mass is 16.5. The first-order chi connectivity index (χ1) is 9.21. The van der Waals surface area contributed by atoms with Crippen molar-refractivity contribution in [3.8, 4) is 5.75 Å². The second kappa shape index (κ2) is 4.59. The lowest BCUT2D eigenvalue weighted by Gasteiger charge is -2.48. The molecule has 0 spiro atoms. The molecule has 3 rings (SSSR count). The molecule has 0 atom stereocenters. The molecule has 3 nitrogen and oxygen atoms in total. The number of methoxy groups -OCH3 is 1. The van der Waals surface area contributed by atoms with E-state index in [9.17, 15) is 5.11 Å². The first-order valence-corrected chi connectivity index (χ1v) is 6.38. The van der Waals surface area contributed by atoms with Crippen LogP contribution in [0.5, 0.6) is 5.75 Å². The fourth-order valence-electron chi connectivity index (χ4n) is 2.49. The van der Waals surface area contributed by atoms with Gasteiger partial charge in [0.05, 0.1) is 20.2 Å². The van der Waals surface area contributed by atoms with Crippen molar-refractivity contribution in [1.29, 1.82) is 0 Å². The molecule has 2 aromatic rings. The van der Waals surface area contributed by atoms with Gasteiger partial charge in [-0.3, -0.25) is 0 Å². The Morgan fingerprint density at radius 2 is 1.63 bits per heavy atom. The largest absolute Gasteiger partial charge is 0.497 e. The van der Waals surface area contributed by atoms with Gasteiger partial charge in [-0.15, -0.1) is 0 Å². The highest BCUT2D eigenvalue weighted by Crippen LogP contribution is 2.35. The average molecular weight is 255 g/mol. The van der Waals surface area contributed by atoms with Crippen molar-refractivity contribution in [2.24, 2.45) is 0 Å². The van der Waals surface area contributed by atoms with E-state index in [0.29, 0.717) is 13.1 Å². The van der Waals surface area contributed by atoms with Crippen molar-refractivity contribution < 1.29 is 9.84 Å². The van der Waals surface area contributed by atoms with Gasteiger partial charge in [0.1, 0.15) is 11.4 Å². The molecule has 1 heterocycles. The zero-order valence-corrected chi connectivity index (χ0v) is 10.9. The van der Waals surface area contributed by atoms with Crippen molar-refractivity contribution >= 4 is 5.69 Å². The van der Waals surface area contributed by atoms with Crippen LogP contribution in [0.2, 0.25) is 0 Å². The van der Waals surface area contributed by atoms with Gasteiger partial charge in [0, 0.05) is 5.69 Å². The van der Waals surface area contributed by atoms with Crippen LogP contribution in [-0.2, 0) is 5.60 Å². The molecule has 2 aromatic carbocycles. The van der Waals surface area contributed by atoms with E-state index in [1.54, 1.807) is 7.11 Å². The van der Waals surface area contributed by atoms with Gasteiger partial charge in [-0.1, -0.05) is 30.3 Å². The summed E-state index contributed by atoms with van der Waals surface area (Å²) in [4.78, 5) is 2.16. The number of β-amino-alcohol motifs (C(OH)–C–C–N with tert-alkyl or cyclic N) is 1. The van der Waals surface area contributed by atoms with Gasteiger partial charge >= 0.3 is 0 Å². The molecule has 0 aromatic heterocycles. The lowest BCUT2D eigenvalue weighted by molar-refractivity contribution is 0.00754. The second-order valence-corrected chi connectivity index (χ2v) is 4.95. The molecule has 0 saturated carbocycles. The molecule has 0 unspecified atom stereocenters.